The first-order valence-corrected chi connectivity index (χ1v) is 7.94. The van der Waals surface area contributed by atoms with E-state index in [4.69, 9.17) is 16.0 Å². The number of imidazole rings is 1. The SMILES string of the molecule is Clc1ccccc1-c1nc(Cn2cnc(-c3ccccc3)c2)co1. The van der Waals surface area contributed by atoms with Gasteiger partial charge in [-0.2, -0.15) is 0 Å². The van der Waals surface area contributed by atoms with E-state index in [0.29, 0.717) is 17.5 Å². The normalized spacial score (nSPS) is 10.9. The van der Waals surface area contributed by atoms with E-state index in [-0.39, 0.29) is 0 Å². The van der Waals surface area contributed by atoms with E-state index in [1.54, 1.807) is 12.6 Å². The molecular weight excluding hydrogens is 322 g/mol. The van der Waals surface area contributed by atoms with E-state index in [1.165, 1.54) is 0 Å². The van der Waals surface area contributed by atoms with Crippen LogP contribution in [0.25, 0.3) is 22.7 Å². The average molecular weight is 336 g/mol. The molecule has 0 radical (unpaired) electrons. The standard InChI is InChI=1S/C19H14ClN3O/c20-17-9-5-4-8-16(17)19-22-15(12-24-19)10-23-11-18(21-13-23)14-6-2-1-3-7-14/h1-9,11-13H,10H2. The lowest BCUT2D eigenvalue weighted by atomic mass is 10.2. The highest BCUT2D eigenvalue weighted by Crippen LogP contribution is 2.27. The molecule has 24 heavy (non-hydrogen) atoms. The van der Waals surface area contributed by atoms with Crippen molar-refractivity contribution in [2.45, 2.75) is 6.54 Å². The predicted molar refractivity (Wildman–Crippen MR) is 93.7 cm³/mol. The molecule has 2 aromatic heterocycles. The lowest BCUT2D eigenvalue weighted by molar-refractivity contribution is 0.571. The van der Waals surface area contributed by atoms with Gasteiger partial charge in [0.25, 0.3) is 0 Å². The van der Waals surface area contributed by atoms with Gasteiger partial charge in [-0.1, -0.05) is 54.1 Å². The van der Waals surface area contributed by atoms with Gasteiger partial charge in [0.1, 0.15) is 6.26 Å². The molecule has 2 aromatic carbocycles. The smallest absolute Gasteiger partial charge is 0.227 e. The van der Waals surface area contributed by atoms with Crippen LogP contribution in [0.4, 0.5) is 0 Å². The lowest BCUT2D eigenvalue weighted by Gasteiger charge is -1.98. The summed E-state index contributed by atoms with van der Waals surface area (Å²) in [5.41, 5.74) is 3.64. The molecule has 0 spiro atoms. The fraction of sp³-hybridized carbons (Fsp3) is 0.0526. The number of benzene rings is 2. The second kappa shape index (κ2) is 6.34. The van der Waals surface area contributed by atoms with Crippen LogP contribution in [-0.4, -0.2) is 14.5 Å². The number of nitrogens with zero attached hydrogens (tertiary/aromatic N) is 3. The Labute approximate surface area is 144 Å². The fourth-order valence-corrected chi connectivity index (χ4v) is 2.75. The molecule has 118 valence electrons. The number of aromatic nitrogens is 3. The molecule has 0 fully saturated rings. The maximum Gasteiger partial charge on any atom is 0.227 e. The van der Waals surface area contributed by atoms with E-state index >= 15 is 0 Å². The first-order chi connectivity index (χ1) is 11.8. The van der Waals surface area contributed by atoms with Gasteiger partial charge in [-0.3, -0.25) is 0 Å². The second-order valence-electron chi connectivity index (χ2n) is 5.42. The lowest BCUT2D eigenvalue weighted by Crippen LogP contribution is -1.96. The van der Waals surface area contributed by atoms with Crippen LogP contribution in [0.15, 0.2) is 77.8 Å². The van der Waals surface area contributed by atoms with Gasteiger partial charge in [-0.25, -0.2) is 9.97 Å². The summed E-state index contributed by atoms with van der Waals surface area (Å²) < 4.78 is 7.55. The molecule has 0 N–H and O–H groups in total. The van der Waals surface area contributed by atoms with Crippen molar-refractivity contribution in [3.05, 3.63) is 84.1 Å². The fourth-order valence-electron chi connectivity index (χ4n) is 2.53. The molecule has 0 aliphatic carbocycles. The molecule has 2 heterocycles. The highest BCUT2D eigenvalue weighted by Gasteiger charge is 2.10. The van der Waals surface area contributed by atoms with Crippen molar-refractivity contribution in [1.29, 1.82) is 0 Å². The summed E-state index contributed by atoms with van der Waals surface area (Å²) in [4.78, 5) is 8.96. The molecule has 4 aromatic rings. The van der Waals surface area contributed by atoms with E-state index in [0.717, 1.165) is 22.5 Å². The molecule has 0 unspecified atom stereocenters. The zero-order valence-corrected chi connectivity index (χ0v) is 13.5. The molecule has 0 saturated heterocycles. The van der Waals surface area contributed by atoms with E-state index < -0.39 is 0 Å². The minimum atomic E-state index is 0.527. The van der Waals surface area contributed by atoms with Crippen LogP contribution in [0.2, 0.25) is 5.02 Å². The van der Waals surface area contributed by atoms with Gasteiger partial charge in [0.15, 0.2) is 0 Å². The molecule has 0 atom stereocenters. The van der Waals surface area contributed by atoms with Crippen molar-refractivity contribution < 1.29 is 4.42 Å². The van der Waals surface area contributed by atoms with Gasteiger partial charge < -0.3 is 8.98 Å². The highest BCUT2D eigenvalue weighted by molar-refractivity contribution is 6.33. The minimum absolute atomic E-state index is 0.527. The Morgan fingerprint density at radius 1 is 1.00 bits per heavy atom. The van der Waals surface area contributed by atoms with Gasteiger partial charge in [-0.05, 0) is 12.1 Å². The van der Waals surface area contributed by atoms with Gasteiger partial charge in [0.05, 0.1) is 34.8 Å². The van der Waals surface area contributed by atoms with Gasteiger partial charge in [0.2, 0.25) is 5.89 Å². The number of hydrogen-bond donors (Lipinski definition) is 0. The number of rotatable bonds is 4. The van der Waals surface area contributed by atoms with Crippen molar-refractivity contribution in [2.75, 3.05) is 0 Å². The molecule has 4 nitrogen and oxygen atoms in total. The number of hydrogen-bond acceptors (Lipinski definition) is 3. The summed E-state index contributed by atoms with van der Waals surface area (Å²) >= 11 is 6.18. The van der Waals surface area contributed by atoms with Crippen LogP contribution < -0.4 is 0 Å². The molecule has 0 aliphatic rings. The third-order valence-electron chi connectivity index (χ3n) is 3.70. The zero-order chi connectivity index (χ0) is 16.4. The van der Waals surface area contributed by atoms with E-state index in [2.05, 4.69) is 9.97 Å². The molecule has 5 heteroatoms. The summed E-state index contributed by atoms with van der Waals surface area (Å²) in [6.45, 7) is 0.591. The summed E-state index contributed by atoms with van der Waals surface area (Å²) in [7, 11) is 0. The maximum atomic E-state index is 6.18. The Bertz CT molecular complexity index is 959. The van der Waals surface area contributed by atoms with E-state index in [9.17, 15) is 0 Å². The van der Waals surface area contributed by atoms with Gasteiger partial charge >= 0.3 is 0 Å². The summed E-state index contributed by atoms with van der Waals surface area (Å²) in [5.74, 6) is 0.527. The molecular formula is C19H14ClN3O. The van der Waals surface area contributed by atoms with Crippen LogP contribution in [0.3, 0.4) is 0 Å². The molecule has 0 saturated carbocycles. The molecule has 0 aliphatic heterocycles. The van der Waals surface area contributed by atoms with Crippen molar-refractivity contribution >= 4 is 11.6 Å². The largest absolute Gasteiger partial charge is 0.444 e. The van der Waals surface area contributed by atoms with E-state index in [1.807, 2.05) is 65.4 Å². The molecule has 0 bridgehead atoms. The molecule has 4 rings (SSSR count). The third kappa shape index (κ3) is 2.96. The Kier molecular flexibility index (Phi) is 3.89. The Hall–Kier alpha value is -2.85. The van der Waals surface area contributed by atoms with Gasteiger partial charge in [0, 0.05) is 11.8 Å². The van der Waals surface area contributed by atoms with Gasteiger partial charge in [-0.15, -0.1) is 0 Å². The topological polar surface area (TPSA) is 43.9 Å². The Morgan fingerprint density at radius 2 is 1.79 bits per heavy atom. The number of oxazole rings is 1. The average Bonchev–Trinajstić information content (AvgIpc) is 3.26. The molecule has 0 amide bonds. The van der Waals surface area contributed by atoms with Crippen LogP contribution in [0, 0.1) is 0 Å². The number of halogens is 1. The quantitative estimate of drug-likeness (QED) is 0.532. The van der Waals surface area contributed by atoms with Crippen LogP contribution >= 0.6 is 11.6 Å². The highest BCUT2D eigenvalue weighted by atomic mass is 35.5. The maximum absolute atomic E-state index is 6.18. The minimum Gasteiger partial charge on any atom is -0.444 e. The van der Waals surface area contributed by atoms with Crippen molar-refractivity contribution in [2.24, 2.45) is 0 Å². The van der Waals surface area contributed by atoms with Crippen LogP contribution in [0.1, 0.15) is 5.69 Å². The first kappa shape index (κ1) is 14.7. The van der Waals surface area contributed by atoms with Crippen LogP contribution in [0.5, 0.6) is 0 Å². The van der Waals surface area contributed by atoms with Crippen molar-refractivity contribution in [1.82, 2.24) is 14.5 Å². The summed E-state index contributed by atoms with van der Waals surface area (Å²) in [6, 6.07) is 17.6. The van der Waals surface area contributed by atoms with Crippen molar-refractivity contribution in [3.63, 3.8) is 0 Å². The Balaban J connectivity index is 1.55. The first-order valence-electron chi connectivity index (χ1n) is 7.56. The van der Waals surface area contributed by atoms with Crippen molar-refractivity contribution in [3.8, 4) is 22.7 Å². The second-order valence-corrected chi connectivity index (χ2v) is 5.83. The van der Waals surface area contributed by atoms with Crippen LogP contribution in [-0.2, 0) is 6.54 Å². The zero-order valence-electron chi connectivity index (χ0n) is 12.8. The Morgan fingerprint density at radius 3 is 2.62 bits per heavy atom. The predicted octanol–water partition coefficient (Wildman–Crippen LogP) is 4.91. The summed E-state index contributed by atoms with van der Waals surface area (Å²) in [5, 5.41) is 0.625. The third-order valence-corrected chi connectivity index (χ3v) is 4.03. The monoisotopic (exact) mass is 335 g/mol. The summed E-state index contributed by atoms with van der Waals surface area (Å²) in [6.07, 6.45) is 5.45.